The third kappa shape index (κ3) is 5.66. The molecule has 0 spiro atoms. The molecule has 0 unspecified atom stereocenters. The van der Waals surface area contributed by atoms with Crippen LogP contribution in [0.3, 0.4) is 0 Å². The summed E-state index contributed by atoms with van der Waals surface area (Å²) in [5.74, 6) is 0. The van der Waals surface area contributed by atoms with Crippen molar-refractivity contribution in [3.05, 3.63) is 0 Å². The van der Waals surface area contributed by atoms with Crippen LogP contribution in [0.4, 0.5) is 0 Å². The molecule has 3 rings (SSSR count). The number of aliphatic hydroxyl groups is 1. The first-order valence-corrected chi connectivity index (χ1v) is 11.7. The highest BCUT2D eigenvalue weighted by Crippen LogP contribution is 2.27. The van der Waals surface area contributed by atoms with Crippen LogP contribution in [0.5, 0.6) is 0 Å². The SMILES string of the molecule is CCCN1CCC(N2CCN(C3CCN(C(C)C)CC3)[C@H](CCO)C2)CC1. The van der Waals surface area contributed by atoms with Gasteiger partial charge >= 0.3 is 0 Å². The number of piperidine rings is 2. The number of rotatable bonds is 7. The van der Waals surface area contributed by atoms with E-state index in [1.54, 1.807) is 0 Å². The molecule has 5 heteroatoms. The Balaban J connectivity index is 1.51. The van der Waals surface area contributed by atoms with Crippen LogP contribution in [-0.2, 0) is 0 Å². The van der Waals surface area contributed by atoms with Crippen LogP contribution in [0, 0.1) is 0 Å². The molecule has 3 saturated heterocycles. The number of hydrogen-bond acceptors (Lipinski definition) is 5. The molecule has 0 aromatic carbocycles. The van der Waals surface area contributed by atoms with Crippen molar-refractivity contribution >= 4 is 0 Å². The third-order valence-corrected chi connectivity index (χ3v) is 7.33. The number of nitrogens with zero attached hydrogens (tertiary/aromatic N) is 4. The fourth-order valence-electron chi connectivity index (χ4n) is 5.67. The lowest BCUT2D eigenvalue weighted by molar-refractivity contribution is -0.0201. The van der Waals surface area contributed by atoms with Crippen molar-refractivity contribution in [3.63, 3.8) is 0 Å². The van der Waals surface area contributed by atoms with E-state index in [9.17, 15) is 5.11 Å². The topological polar surface area (TPSA) is 33.2 Å². The summed E-state index contributed by atoms with van der Waals surface area (Å²) in [7, 11) is 0. The average molecular weight is 381 g/mol. The second-order valence-electron chi connectivity index (χ2n) is 9.33. The lowest BCUT2D eigenvalue weighted by Gasteiger charge is -2.50. The molecule has 27 heavy (non-hydrogen) atoms. The zero-order valence-corrected chi connectivity index (χ0v) is 18.2. The molecular formula is C22H44N4O. The van der Waals surface area contributed by atoms with Crippen molar-refractivity contribution in [1.82, 2.24) is 19.6 Å². The van der Waals surface area contributed by atoms with E-state index in [4.69, 9.17) is 0 Å². The lowest BCUT2D eigenvalue weighted by atomic mass is 9.95. The summed E-state index contributed by atoms with van der Waals surface area (Å²) in [6.07, 6.45) is 7.48. The minimum atomic E-state index is 0.328. The molecule has 3 aliphatic heterocycles. The summed E-state index contributed by atoms with van der Waals surface area (Å²) < 4.78 is 0. The second kappa shape index (κ2) is 10.5. The molecule has 1 N–H and O–H groups in total. The Morgan fingerprint density at radius 1 is 0.889 bits per heavy atom. The maximum atomic E-state index is 9.68. The largest absolute Gasteiger partial charge is 0.396 e. The van der Waals surface area contributed by atoms with Crippen molar-refractivity contribution < 1.29 is 5.11 Å². The summed E-state index contributed by atoms with van der Waals surface area (Å²) in [5.41, 5.74) is 0. The molecule has 0 bridgehead atoms. The van der Waals surface area contributed by atoms with E-state index in [1.165, 1.54) is 84.5 Å². The monoisotopic (exact) mass is 380 g/mol. The number of likely N-dealkylation sites (tertiary alicyclic amines) is 2. The van der Waals surface area contributed by atoms with Gasteiger partial charge in [-0.1, -0.05) is 6.92 Å². The van der Waals surface area contributed by atoms with Crippen LogP contribution in [0.15, 0.2) is 0 Å². The van der Waals surface area contributed by atoms with E-state index in [0.29, 0.717) is 18.7 Å². The summed E-state index contributed by atoms with van der Waals surface area (Å²) in [4.78, 5) is 10.8. The van der Waals surface area contributed by atoms with Gasteiger partial charge in [0.1, 0.15) is 0 Å². The van der Waals surface area contributed by atoms with Crippen LogP contribution in [-0.4, -0.2) is 108 Å². The highest BCUT2D eigenvalue weighted by atomic mass is 16.3. The predicted octanol–water partition coefficient (Wildman–Crippen LogP) is 2.10. The first kappa shape index (κ1) is 21.5. The fourth-order valence-corrected chi connectivity index (χ4v) is 5.67. The smallest absolute Gasteiger partial charge is 0.0446 e. The number of aliphatic hydroxyl groups excluding tert-OH is 1. The molecule has 1 atom stereocenters. The van der Waals surface area contributed by atoms with Gasteiger partial charge in [0.05, 0.1) is 0 Å². The molecule has 5 nitrogen and oxygen atoms in total. The van der Waals surface area contributed by atoms with E-state index in [2.05, 4.69) is 40.4 Å². The van der Waals surface area contributed by atoms with E-state index >= 15 is 0 Å². The maximum absolute atomic E-state index is 9.68. The molecule has 3 aliphatic rings. The predicted molar refractivity (Wildman–Crippen MR) is 113 cm³/mol. The van der Waals surface area contributed by atoms with Gasteiger partial charge in [0, 0.05) is 50.4 Å². The molecule has 0 aromatic rings. The van der Waals surface area contributed by atoms with E-state index < -0.39 is 0 Å². The van der Waals surface area contributed by atoms with E-state index in [1.807, 2.05) is 0 Å². The third-order valence-electron chi connectivity index (χ3n) is 7.33. The minimum Gasteiger partial charge on any atom is -0.396 e. The zero-order valence-electron chi connectivity index (χ0n) is 18.2. The van der Waals surface area contributed by atoms with Crippen molar-refractivity contribution in [2.24, 2.45) is 0 Å². The standard InChI is InChI=1S/C22H44N4O/c1-4-10-23-11-5-20(6-12-23)25-15-16-26(22(18-25)9-17-27)21-7-13-24(14-8-21)19(2)3/h19-22,27H,4-18H2,1-3H3/t22-/m1/s1. The van der Waals surface area contributed by atoms with Crippen molar-refractivity contribution in [1.29, 1.82) is 0 Å². The van der Waals surface area contributed by atoms with Crippen LogP contribution in [0.1, 0.15) is 59.3 Å². The van der Waals surface area contributed by atoms with Gasteiger partial charge < -0.3 is 14.9 Å². The molecule has 0 radical (unpaired) electrons. The van der Waals surface area contributed by atoms with Gasteiger partial charge in [-0.15, -0.1) is 0 Å². The Hall–Kier alpha value is -0.200. The first-order valence-electron chi connectivity index (χ1n) is 11.7. The van der Waals surface area contributed by atoms with Gasteiger partial charge in [-0.3, -0.25) is 9.80 Å². The highest BCUT2D eigenvalue weighted by molar-refractivity contribution is 4.92. The highest BCUT2D eigenvalue weighted by Gasteiger charge is 2.36. The quantitative estimate of drug-likeness (QED) is 0.731. The Labute approximate surface area is 167 Å². The van der Waals surface area contributed by atoms with Gasteiger partial charge in [-0.2, -0.15) is 0 Å². The molecule has 158 valence electrons. The Kier molecular flexibility index (Phi) is 8.40. The van der Waals surface area contributed by atoms with Crippen molar-refractivity contribution in [2.45, 2.75) is 83.5 Å². The molecule has 3 heterocycles. The van der Waals surface area contributed by atoms with E-state index in [0.717, 1.165) is 18.5 Å². The Morgan fingerprint density at radius 3 is 2.15 bits per heavy atom. The number of hydrogen-bond donors (Lipinski definition) is 1. The van der Waals surface area contributed by atoms with Crippen molar-refractivity contribution in [2.75, 3.05) is 59.0 Å². The van der Waals surface area contributed by atoms with Crippen molar-refractivity contribution in [3.8, 4) is 0 Å². The van der Waals surface area contributed by atoms with Gasteiger partial charge in [0.15, 0.2) is 0 Å². The van der Waals surface area contributed by atoms with Gasteiger partial charge in [-0.25, -0.2) is 0 Å². The fraction of sp³-hybridized carbons (Fsp3) is 1.00. The Morgan fingerprint density at radius 2 is 1.56 bits per heavy atom. The second-order valence-corrected chi connectivity index (χ2v) is 9.33. The average Bonchev–Trinajstić information content (AvgIpc) is 2.69. The van der Waals surface area contributed by atoms with Gasteiger partial charge in [0.25, 0.3) is 0 Å². The molecule has 0 aromatic heterocycles. The van der Waals surface area contributed by atoms with Gasteiger partial charge in [0.2, 0.25) is 0 Å². The van der Waals surface area contributed by atoms with Crippen LogP contribution < -0.4 is 0 Å². The molecule has 3 fully saturated rings. The summed E-state index contributed by atoms with van der Waals surface area (Å²) in [6, 6.07) is 2.72. The molecular weight excluding hydrogens is 336 g/mol. The lowest BCUT2D eigenvalue weighted by Crippen LogP contribution is -2.61. The molecule has 0 aliphatic carbocycles. The zero-order chi connectivity index (χ0) is 19.2. The first-order chi connectivity index (χ1) is 13.1. The Bertz CT molecular complexity index is 417. The van der Waals surface area contributed by atoms with Crippen LogP contribution >= 0.6 is 0 Å². The minimum absolute atomic E-state index is 0.328. The summed E-state index contributed by atoms with van der Waals surface area (Å²) in [6.45, 7) is 17.1. The van der Waals surface area contributed by atoms with Crippen LogP contribution in [0.25, 0.3) is 0 Å². The molecule has 0 saturated carbocycles. The van der Waals surface area contributed by atoms with Crippen LogP contribution in [0.2, 0.25) is 0 Å². The summed E-state index contributed by atoms with van der Waals surface area (Å²) >= 11 is 0. The van der Waals surface area contributed by atoms with Gasteiger partial charge in [-0.05, 0) is 85.1 Å². The number of piperazine rings is 1. The maximum Gasteiger partial charge on any atom is 0.0446 e. The van der Waals surface area contributed by atoms with E-state index in [-0.39, 0.29) is 0 Å². The molecule has 0 amide bonds. The summed E-state index contributed by atoms with van der Waals surface area (Å²) in [5, 5.41) is 9.68. The normalized spacial score (nSPS) is 29.0.